The summed E-state index contributed by atoms with van der Waals surface area (Å²) < 4.78 is 10.6. The largest absolute Gasteiger partial charge is 0.467 e. The first-order chi connectivity index (χ1) is 9.19. The van der Waals surface area contributed by atoms with Gasteiger partial charge in [0.15, 0.2) is 0 Å². The highest BCUT2D eigenvalue weighted by molar-refractivity contribution is 5.78. The zero-order chi connectivity index (χ0) is 13.7. The number of hydrogen-bond donors (Lipinski definition) is 2. The van der Waals surface area contributed by atoms with E-state index in [0.717, 1.165) is 5.76 Å². The Morgan fingerprint density at radius 3 is 3.16 bits per heavy atom. The molecular weight excluding hydrogens is 248 g/mol. The quantitative estimate of drug-likeness (QED) is 0.785. The van der Waals surface area contributed by atoms with Gasteiger partial charge in [-0.3, -0.25) is 9.69 Å². The van der Waals surface area contributed by atoms with Crippen molar-refractivity contribution in [3.63, 3.8) is 0 Å². The summed E-state index contributed by atoms with van der Waals surface area (Å²) in [5.41, 5.74) is 0. The summed E-state index contributed by atoms with van der Waals surface area (Å²) in [6.07, 6.45) is 1.38. The van der Waals surface area contributed by atoms with Crippen molar-refractivity contribution in [2.24, 2.45) is 0 Å². The molecule has 0 aliphatic carbocycles. The summed E-state index contributed by atoms with van der Waals surface area (Å²) in [7, 11) is 0. The van der Waals surface area contributed by atoms with Crippen LogP contribution in [-0.4, -0.2) is 54.4 Å². The number of ether oxygens (including phenoxy) is 1. The van der Waals surface area contributed by atoms with Gasteiger partial charge >= 0.3 is 0 Å². The van der Waals surface area contributed by atoms with Crippen LogP contribution in [-0.2, 0) is 16.1 Å². The van der Waals surface area contributed by atoms with Crippen molar-refractivity contribution < 1.29 is 19.1 Å². The number of rotatable bonds is 5. The second kappa shape index (κ2) is 6.70. The van der Waals surface area contributed by atoms with Gasteiger partial charge in [0.2, 0.25) is 5.91 Å². The molecule has 0 aromatic carbocycles. The van der Waals surface area contributed by atoms with Crippen molar-refractivity contribution >= 4 is 5.91 Å². The maximum absolute atomic E-state index is 11.8. The molecule has 1 aromatic heterocycles. The fraction of sp³-hybridized carbons (Fsp3) is 0.615. The first-order valence-electron chi connectivity index (χ1n) is 6.44. The molecule has 0 saturated carbocycles. The molecule has 1 fully saturated rings. The van der Waals surface area contributed by atoms with Gasteiger partial charge in [0, 0.05) is 12.6 Å². The number of hydrogen-bond acceptors (Lipinski definition) is 5. The van der Waals surface area contributed by atoms with Gasteiger partial charge in [0.05, 0.1) is 38.7 Å². The average molecular weight is 268 g/mol. The van der Waals surface area contributed by atoms with Crippen molar-refractivity contribution in [2.45, 2.75) is 25.6 Å². The number of aliphatic hydroxyl groups is 1. The Hall–Kier alpha value is -1.37. The van der Waals surface area contributed by atoms with Crippen LogP contribution in [0, 0.1) is 0 Å². The number of morpholine rings is 1. The number of nitrogens with zero attached hydrogens (tertiary/aromatic N) is 1. The van der Waals surface area contributed by atoms with Gasteiger partial charge in [0.1, 0.15) is 5.76 Å². The highest BCUT2D eigenvalue weighted by Crippen LogP contribution is 2.10. The molecule has 1 aromatic rings. The molecule has 106 valence electrons. The van der Waals surface area contributed by atoms with E-state index in [9.17, 15) is 4.79 Å². The second-order valence-corrected chi connectivity index (χ2v) is 4.77. The minimum Gasteiger partial charge on any atom is -0.467 e. The van der Waals surface area contributed by atoms with E-state index in [1.807, 2.05) is 17.9 Å². The molecule has 1 aliphatic heterocycles. The standard InChI is InChI=1S/C13H20N2O4/c1-10-9-19-12(8-16)6-15(10)7-13(17)14-5-11-3-2-4-18-11/h2-4,10,12,16H,5-9H2,1H3,(H,14,17). The summed E-state index contributed by atoms with van der Waals surface area (Å²) in [5, 5.41) is 11.9. The van der Waals surface area contributed by atoms with Crippen molar-refractivity contribution in [1.82, 2.24) is 10.2 Å². The average Bonchev–Trinajstić information content (AvgIpc) is 2.92. The molecule has 6 nitrogen and oxygen atoms in total. The molecule has 1 aliphatic rings. The Balaban J connectivity index is 1.77. The summed E-state index contributed by atoms with van der Waals surface area (Å²) in [5.74, 6) is 0.679. The predicted octanol–water partition coefficient (Wildman–Crippen LogP) is -0.0226. The van der Waals surface area contributed by atoms with Gasteiger partial charge in [-0.1, -0.05) is 0 Å². The highest BCUT2D eigenvalue weighted by Gasteiger charge is 2.26. The summed E-state index contributed by atoms with van der Waals surface area (Å²) in [4.78, 5) is 13.9. The highest BCUT2D eigenvalue weighted by atomic mass is 16.5. The van der Waals surface area contributed by atoms with Crippen LogP contribution in [0.15, 0.2) is 22.8 Å². The van der Waals surface area contributed by atoms with E-state index in [1.165, 1.54) is 0 Å². The molecule has 19 heavy (non-hydrogen) atoms. The molecule has 2 unspecified atom stereocenters. The number of aliphatic hydroxyl groups excluding tert-OH is 1. The minimum atomic E-state index is -0.200. The number of carbonyl (C=O) groups is 1. The molecule has 0 bridgehead atoms. The van der Waals surface area contributed by atoms with E-state index in [2.05, 4.69) is 5.32 Å². The van der Waals surface area contributed by atoms with Gasteiger partial charge in [0.25, 0.3) is 0 Å². The molecule has 2 heterocycles. The van der Waals surface area contributed by atoms with Gasteiger partial charge in [-0.2, -0.15) is 0 Å². The van der Waals surface area contributed by atoms with Crippen molar-refractivity contribution in [1.29, 1.82) is 0 Å². The lowest BCUT2D eigenvalue weighted by molar-refractivity contribution is -0.127. The van der Waals surface area contributed by atoms with E-state index in [-0.39, 0.29) is 24.7 Å². The van der Waals surface area contributed by atoms with Crippen molar-refractivity contribution in [3.8, 4) is 0 Å². The lowest BCUT2D eigenvalue weighted by Gasteiger charge is -2.36. The number of nitrogens with one attached hydrogen (secondary N) is 1. The third kappa shape index (κ3) is 4.05. The molecule has 0 radical (unpaired) electrons. The lowest BCUT2D eigenvalue weighted by atomic mass is 10.2. The summed E-state index contributed by atoms with van der Waals surface area (Å²) in [6.45, 7) is 3.81. The Bertz CT molecular complexity index is 393. The Labute approximate surface area is 112 Å². The van der Waals surface area contributed by atoms with Gasteiger partial charge in [-0.15, -0.1) is 0 Å². The number of carbonyl (C=O) groups excluding carboxylic acids is 1. The van der Waals surface area contributed by atoms with Gasteiger partial charge in [-0.25, -0.2) is 0 Å². The monoisotopic (exact) mass is 268 g/mol. The summed E-state index contributed by atoms with van der Waals surface area (Å²) in [6, 6.07) is 3.79. The minimum absolute atomic E-state index is 0.0166. The van der Waals surface area contributed by atoms with Crippen molar-refractivity contribution in [3.05, 3.63) is 24.2 Å². The molecule has 1 amide bonds. The molecule has 1 saturated heterocycles. The molecule has 0 spiro atoms. The lowest BCUT2D eigenvalue weighted by Crippen LogP contribution is -2.52. The van der Waals surface area contributed by atoms with E-state index in [4.69, 9.17) is 14.3 Å². The van der Waals surface area contributed by atoms with Crippen LogP contribution in [0.25, 0.3) is 0 Å². The van der Waals surface area contributed by atoms with Crippen LogP contribution in [0.2, 0.25) is 0 Å². The fourth-order valence-corrected chi connectivity index (χ4v) is 2.05. The predicted molar refractivity (Wildman–Crippen MR) is 68.4 cm³/mol. The van der Waals surface area contributed by atoms with Crippen LogP contribution >= 0.6 is 0 Å². The third-order valence-corrected chi connectivity index (χ3v) is 3.22. The first-order valence-corrected chi connectivity index (χ1v) is 6.44. The maximum Gasteiger partial charge on any atom is 0.234 e. The Morgan fingerprint density at radius 2 is 2.47 bits per heavy atom. The van der Waals surface area contributed by atoms with E-state index < -0.39 is 0 Å². The SMILES string of the molecule is CC1COC(CO)CN1CC(=O)NCc1ccco1. The Kier molecular flexibility index (Phi) is 4.95. The zero-order valence-corrected chi connectivity index (χ0v) is 11.0. The normalized spacial score (nSPS) is 24.3. The van der Waals surface area contributed by atoms with Crippen LogP contribution < -0.4 is 5.32 Å². The fourth-order valence-electron chi connectivity index (χ4n) is 2.05. The zero-order valence-electron chi connectivity index (χ0n) is 11.0. The Morgan fingerprint density at radius 1 is 1.63 bits per heavy atom. The van der Waals surface area contributed by atoms with Gasteiger partial charge in [-0.05, 0) is 19.1 Å². The van der Waals surface area contributed by atoms with Crippen LogP contribution in [0.3, 0.4) is 0 Å². The third-order valence-electron chi connectivity index (χ3n) is 3.22. The van der Waals surface area contributed by atoms with E-state index in [1.54, 1.807) is 12.3 Å². The number of amides is 1. The van der Waals surface area contributed by atoms with Crippen LogP contribution in [0.4, 0.5) is 0 Å². The van der Waals surface area contributed by atoms with Gasteiger partial charge < -0.3 is 19.6 Å². The maximum atomic E-state index is 11.8. The van der Waals surface area contributed by atoms with E-state index in [0.29, 0.717) is 26.2 Å². The molecule has 2 atom stereocenters. The second-order valence-electron chi connectivity index (χ2n) is 4.77. The molecule has 2 N–H and O–H groups in total. The number of furan rings is 1. The van der Waals surface area contributed by atoms with Crippen LogP contribution in [0.5, 0.6) is 0 Å². The molecular formula is C13H20N2O4. The summed E-state index contributed by atoms with van der Waals surface area (Å²) >= 11 is 0. The van der Waals surface area contributed by atoms with E-state index >= 15 is 0 Å². The first kappa shape index (κ1) is 14.0. The van der Waals surface area contributed by atoms with Crippen LogP contribution in [0.1, 0.15) is 12.7 Å². The molecule has 6 heteroatoms. The topological polar surface area (TPSA) is 74.9 Å². The smallest absolute Gasteiger partial charge is 0.234 e. The van der Waals surface area contributed by atoms with Crippen molar-refractivity contribution in [2.75, 3.05) is 26.3 Å². The molecule has 2 rings (SSSR count).